The number of likely N-dealkylation sites (tertiary alicyclic amines) is 1. The van der Waals surface area contributed by atoms with Crippen molar-refractivity contribution in [2.75, 3.05) is 25.0 Å². The largest absolute Gasteiger partial charge is 0.481 e. The van der Waals surface area contributed by atoms with E-state index in [1.165, 1.54) is 18.2 Å². The fourth-order valence-electron chi connectivity index (χ4n) is 4.37. The zero-order chi connectivity index (χ0) is 26.7. The Morgan fingerprint density at radius 2 is 1.92 bits per heavy atom. The van der Waals surface area contributed by atoms with Crippen molar-refractivity contribution >= 4 is 29.2 Å². The van der Waals surface area contributed by atoms with Gasteiger partial charge >= 0.3 is 12.6 Å². The van der Waals surface area contributed by atoms with Crippen molar-refractivity contribution in [3.63, 3.8) is 0 Å². The molecule has 0 unspecified atom stereocenters. The van der Waals surface area contributed by atoms with Crippen LogP contribution in [0.2, 0.25) is 5.02 Å². The number of carboxylic acids is 1. The Morgan fingerprint density at radius 3 is 2.50 bits per heavy atom. The minimum atomic E-state index is -3.08. The van der Waals surface area contributed by atoms with Crippen molar-refractivity contribution in [3.8, 4) is 5.75 Å². The molecule has 8 nitrogen and oxygen atoms in total. The average Bonchev–Trinajstić information content (AvgIpc) is 3.30. The van der Waals surface area contributed by atoms with E-state index in [0.717, 1.165) is 5.69 Å². The molecule has 1 fully saturated rings. The summed E-state index contributed by atoms with van der Waals surface area (Å²) in [5.41, 5.74) is -0.948. The Balaban J connectivity index is 1.88. The standard InChI is InChI=1S/C25H33ClF2N4O4/c1-16(2)19-7-11-29-32(19)25(9-13-31(14-10-25)12-8-24(3,4)22(34)35)21(33)30-18-6-5-17(26)15-20(18)36-23(27)28/h5-7,11,15-16,23H,8-10,12-14H2,1-4H3,(H,30,33)(H,34,35). The van der Waals surface area contributed by atoms with Gasteiger partial charge in [-0.05, 0) is 63.8 Å². The monoisotopic (exact) mass is 526 g/mol. The van der Waals surface area contributed by atoms with E-state index >= 15 is 0 Å². The number of carbonyl (C=O) groups excluding carboxylic acids is 1. The first-order chi connectivity index (χ1) is 16.9. The molecule has 1 aliphatic rings. The fraction of sp³-hybridized carbons (Fsp3) is 0.560. The van der Waals surface area contributed by atoms with Crippen molar-refractivity contribution in [2.24, 2.45) is 5.41 Å². The summed E-state index contributed by atoms with van der Waals surface area (Å²) < 4.78 is 32.3. The van der Waals surface area contributed by atoms with Crippen LogP contribution in [-0.2, 0) is 15.1 Å². The van der Waals surface area contributed by atoms with Crippen molar-refractivity contribution < 1.29 is 28.2 Å². The molecule has 11 heteroatoms. The molecule has 0 spiro atoms. The molecule has 1 amide bonds. The molecule has 3 rings (SSSR count). The summed E-state index contributed by atoms with van der Waals surface area (Å²) >= 11 is 5.95. The van der Waals surface area contributed by atoms with Gasteiger partial charge in [-0.3, -0.25) is 14.3 Å². The number of piperidine rings is 1. The van der Waals surface area contributed by atoms with E-state index in [0.29, 0.717) is 38.9 Å². The smallest absolute Gasteiger partial charge is 0.387 e. The number of rotatable bonds is 10. The topological polar surface area (TPSA) is 96.7 Å². The number of carboxylic acid groups (broad SMARTS) is 1. The van der Waals surface area contributed by atoms with E-state index in [2.05, 4.69) is 20.1 Å². The molecule has 0 saturated carbocycles. The first kappa shape index (κ1) is 27.9. The first-order valence-electron chi connectivity index (χ1n) is 11.9. The number of ether oxygens (including phenoxy) is 1. The number of alkyl halides is 2. The highest BCUT2D eigenvalue weighted by Crippen LogP contribution is 2.37. The highest BCUT2D eigenvalue weighted by atomic mass is 35.5. The van der Waals surface area contributed by atoms with Gasteiger partial charge in [0, 0.05) is 36.1 Å². The molecule has 0 aliphatic carbocycles. The maximum atomic E-state index is 13.9. The van der Waals surface area contributed by atoms with Gasteiger partial charge in [0.1, 0.15) is 5.54 Å². The van der Waals surface area contributed by atoms with Gasteiger partial charge in [-0.1, -0.05) is 25.4 Å². The van der Waals surface area contributed by atoms with E-state index in [4.69, 9.17) is 11.6 Å². The Morgan fingerprint density at radius 1 is 1.25 bits per heavy atom. The number of amides is 1. The maximum absolute atomic E-state index is 13.9. The average molecular weight is 527 g/mol. The van der Waals surface area contributed by atoms with Crippen LogP contribution in [0.3, 0.4) is 0 Å². The van der Waals surface area contributed by atoms with Gasteiger partial charge in [0.25, 0.3) is 5.91 Å². The van der Waals surface area contributed by atoms with Crippen LogP contribution >= 0.6 is 11.6 Å². The molecule has 1 aliphatic heterocycles. The zero-order valence-electron chi connectivity index (χ0n) is 20.9. The van der Waals surface area contributed by atoms with Crippen LogP contribution in [-0.4, -0.2) is 57.9 Å². The number of aromatic nitrogens is 2. The third-order valence-electron chi connectivity index (χ3n) is 6.81. The van der Waals surface area contributed by atoms with Crippen LogP contribution in [0.15, 0.2) is 30.5 Å². The second kappa shape index (κ2) is 11.1. The maximum Gasteiger partial charge on any atom is 0.387 e. The minimum Gasteiger partial charge on any atom is -0.481 e. The lowest BCUT2D eigenvalue weighted by atomic mass is 9.84. The molecular weight excluding hydrogens is 494 g/mol. The van der Waals surface area contributed by atoms with Gasteiger partial charge < -0.3 is 20.1 Å². The number of halogens is 3. The lowest BCUT2D eigenvalue weighted by Crippen LogP contribution is -2.54. The van der Waals surface area contributed by atoms with E-state index < -0.39 is 23.5 Å². The van der Waals surface area contributed by atoms with Crippen molar-refractivity contribution in [3.05, 3.63) is 41.2 Å². The summed E-state index contributed by atoms with van der Waals surface area (Å²) in [5.74, 6) is -1.37. The van der Waals surface area contributed by atoms with Crippen LogP contribution in [0.4, 0.5) is 14.5 Å². The van der Waals surface area contributed by atoms with Gasteiger partial charge in [0.2, 0.25) is 0 Å². The summed E-state index contributed by atoms with van der Waals surface area (Å²) in [7, 11) is 0. The number of anilines is 1. The van der Waals surface area contributed by atoms with Crippen LogP contribution in [0.1, 0.15) is 58.6 Å². The van der Waals surface area contributed by atoms with Crippen molar-refractivity contribution in [2.45, 2.75) is 65.0 Å². The number of benzene rings is 1. The van der Waals surface area contributed by atoms with Gasteiger partial charge in [-0.25, -0.2) is 0 Å². The molecule has 0 atom stereocenters. The van der Waals surface area contributed by atoms with Gasteiger partial charge in [0.15, 0.2) is 5.75 Å². The summed E-state index contributed by atoms with van der Waals surface area (Å²) in [5, 5.41) is 16.9. The summed E-state index contributed by atoms with van der Waals surface area (Å²) in [6.07, 6.45) is 2.94. The highest BCUT2D eigenvalue weighted by molar-refractivity contribution is 6.30. The molecule has 0 radical (unpaired) electrons. The quantitative estimate of drug-likeness (QED) is 0.442. The number of aliphatic carboxylic acids is 1. The van der Waals surface area contributed by atoms with E-state index in [1.807, 2.05) is 19.9 Å². The number of hydrogen-bond acceptors (Lipinski definition) is 5. The third-order valence-corrected chi connectivity index (χ3v) is 7.05. The molecule has 2 heterocycles. The van der Waals surface area contributed by atoms with Crippen molar-refractivity contribution in [1.29, 1.82) is 0 Å². The molecule has 0 bridgehead atoms. The SMILES string of the molecule is CC(C)c1ccnn1C1(C(=O)Nc2ccc(Cl)cc2OC(F)F)CCN(CCC(C)(C)C(=O)O)CC1. The zero-order valence-corrected chi connectivity index (χ0v) is 21.7. The van der Waals surface area contributed by atoms with Crippen LogP contribution in [0, 0.1) is 5.41 Å². The predicted octanol–water partition coefficient (Wildman–Crippen LogP) is 5.19. The minimum absolute atomic E-state index is 0.0907. The third kappa shape index (κ3) is 6.15. The van der Waals surface area contributed by atoms with Crippen molar-refractivity contribution in [1.82, 2.24) is 14.7 Å². The Labute approximate surface area is 214 Å². The number of nitrogens with zero attached hydrogens (tertiary/aromatic N) is 3. The molecule has 1 aromatic carbocycles. The molecule has 1 saturated heterocycles. The van der Waals surface area contributed by atoms with Crippen LogP contribution in [0.5, 0.6) is 5.75 Å². The molecule has 2 N–H and O–H groups in total. The molecule has 1 aromatic heterocycles. The Kier molecular flexibility index (Phi) is 8.61. The Bertz CT molecular complexity index is 1080. The summed E-state index contributed by atoms with van der Waals surface area (Å²) in [6.45, 7) is 6.00. The van der Waals surface area contributed by atoms with E-state index in [-0.39, 0.29) is 28.3 Å². The first-order valence-corrected chi connectivity index (χ1v) is 12.3. The van der Waals surface area contributed by atoms with Gasteiger partial charge in [-0.15, -0.1) is 0 Å². The number of hydrogen-bond donors (Lipinski definition) is 2. The number of nitrogens with one attached hydrogen (secondary N) is 1. The predicted molar refractivity (Wildman–Crippen MR) is 133 cm³/mol. The molecular formula is C25H33ClF2N4O4. The molecule has 2 aromatic rings. The number of carbonyl (C=O) groups is 2. The van der Waals surface area contributed by atoms with Gasteiger partial charge in [-0.2, -0.15) is 13.9 Å². The summed E-state index contributed by atoms with van der Waals surface area (Å²) in [6, 6.07) is 6.02. The fourth-order valence-corrected chi connectivity index (χ4v) is 4.53. The second-order valence-electron chi connectivity index (χ2n) is 10.1. The van der Waals surface area contributed by atoms with Gasteiger partial charge in [0.05, 0.1) is 11.1 Å². The molecule has 198 valence electrons. The van der Waals surface area contributed by atoms with Crippen LogP contribution < -0.4 is 10.1 Å². The van der Waals surface area contributed by atoms with Crippen LogP contribution in [0.25, 0.3) is 0 Å². The summed E-state index contributed by atoms with van der Waals surface area (Å²) in [4.78, 5) is 27.5. The van der Waals surface area contributed by atoms with E-state index in [9.17, 15) is 23.5 Å². The normalized spacial score (nSPS) is 16.4. The lowest BCUT2D eigenvalue weighted by molar-refractivity contribution is -0.147. The second-order valence-corrected chi connectivity index (χ2v) is 10.5. The lowest BCUT2D eigenvalue weighted by Gasteiger charge is -2.42. The highest BCUT2D eigenvalue weighted by Gasteiger charge is 2.45. The molecule has 36 heavy (non-hydrogen) atoms. The Hall–Kier alpha value is -2.72. The van der Waals surface area contributed by atoms with E-state index in [1.54, 1.807) is 24.7 Å².